The van der Waals surface area contributed by atoms with Crippen LogP contribution in [-0.2, 0) is 45.1 Å². The maximum atomic E-state index is 12.6. The van der Waals surface area contributed by atoms with Crippen LogP contribution in [0.1, 0.15) is 25.5 Å². The number of H-pyrrole nitrogens is 1. The molecule has 0 saturated carbocycles. The number of aliphatic hydroxyl groups excluding tert-OH is 2. The molecule has 0 bridgehead atoms. The highest BCUT2D eigenvalue weighted by Gasteiger charge is 2.47. The first-order valence-electron chi connectivity index (χ1n) is 10.0. The first-order chi connectivity index (χ1) is 15.6. The zero-order chi connectivity index (χ0) is 24.5. The fraction of sp³-hybridized carbons (Fsp3) is 0.684. The minimum absolute atomic E-state index is 0.0318. The summed E-state index contributed by atoms with van der Waals surface area (Å²) in [5.74, 6) is -1.04. The summed E-state index contributed by atoms with van der Waals surface area (Å²) in [6.45, 7) is -0.102. The van der Waals surface area contributed by atoms with E-state index in [2.05, 4.69) is 4.98 Å². The predicted molar refractivity (Wildman–Crippen MR) is 107 cm³/mol. The average molecular weight is 476 g/mol. The highest BCUT2D eigenvalue weighted by atomic mass is 16.9. The van der Waals surface area contributed by atoms with Gasteiger partial charge in [-0.25, -0.2) is 4.79 Å². The summed E-state index contributed by atoms with van der Waals surface area (Å²) < 4.78 is 32.5. The number of nitrogens with one attached hydrogen (secondary N) is 1. The van der Waals surface area contributed by atoms with Crippen molar-refractivity contribution in [2.75, 3.05) is 33.0 Å². The molecule has 0 radical (unpaired) electrons. The minimum Gasteiger partial charge on any atom is -0.463 e. The van der Waals surface area contributed by atoms with Crippen LogP contribution in [0, 0.1) is 0 Å². The first kappa shape index (κ1) is 26.6. The lowest BCUT2D eigenvalue weighted by Gasteiger charge is -2.26. The Morgan fingerprint density at radius 2 is 1.70 bits per heavy atom. The molecule has 0 aromatic carbocycles. The second-order valence-corrected chi connectivity index (χ2v) is 6.99. The Labute approximate surface area is 187 Å². The van der Waals surface area contributed by atoms with E-state index in [0.29, 0.717) is 0 Å². The summed E-state index contributed by atoms with van der Waals surface area (Å²) in [6.07, 6.45) is -3.80. The van der Waals surface area contributed by atoms with Crippen LogP contribution in [0.5, 0.6) is 0 Å². The quantitative estimate of drug-likeness (QED) is 0.167. The van der Waals surface area contributed by atoms with E-state index in [9.17, 15) is 29.4 Å². The normalized spacial score (nSPS) is 22.5. The van der Waals surface area contributed by atoms with Crippen LogP contribution < -0.4 is 11.2 Å². The topological polar surface area (TPSA) is 185 Å². The molecule has 0 aliphatic carbocycles. The lowest BCUT2D eigenvalue weighted by molar-refractivity contribution is -0.318. The smallest absolute Gasteiger partial charge is 0.328 e. The maximum absolute atomic E-state index is 12.6. The Hall–Kier alpha value is -2.62. The zero-order valence-corrected chi connectivity index (χ0v) is 18.4. The molecule has 1 saturated heterocycles. The summed E-state index contributed by atoms with van der Waals surface area (Å²) in [5.41, 5.74) is -1.37. The Kier molecular flexibility index (Phi) is 10.1. The van der Waals surface area contributed by atoms with Crippen LogP contribution in [-0.4, -0.2) is 89.5 Å². The van der Waals surface area contributed by atoms with Crippen molar-refractivity contribution in [1.29, 1.82) is 0 Å². The van der Waals surface area contributed by atoms with E-state index in [1.807, 2.05) is 0 Å². The standard InChI is InChI=1S/C19H28N2O12/c1-10(23)28-4-6-30-19(31-7-5-29-11(2)24)33-16-14(25)13(9-22)32-15(16)12-8-20-18(27)21(3)17(12)26/h8,13-16,19,22,25H,4-7,9H2,1-3H3,(H,20,27)/t13-,14-,15+,16-/m1/s1. The highest BCUT2D eigenvalue weighted by molar-refractivity contribution is 5.66. The van der Waals surface area contributed by atoms with Crippen molar-refractivity contribution >= 4 is 11.9 Å². The van der Waals surface area contributed by atoms with Crippen LogP contribution in [0.2, 0.25) is 0 Å². The van der Waals surface area contributed by atoms with Gasteiger partial charge in [-0.05, 0) is 0 Å². The number of nitrogens with zero attached hydrogens (tertiary/aromatic N) is 1. The van der Waals surface area contributed by atoms with Gasteiger partial charge in [0.1, 0.15) is 37.6 Å². The van der Waals surface area contributed by atoms with Gasteiger partial charge in [0.15, 0.2) is 0 Å². The molecule has 1 aromatic rings. The minimum atomic E-state index is -1.45. The van der Waals surface area contributed by atoms with Crippen molar-refractivity contribution in [3.8, 4) is 0 Å². The number of aromatic amines is 1. The molecule has 0 amide bonds. The van der Waals surface area contributed by atoms with Crippen molar-refractivity contribution in [2.45, 2.75) is 44.7 Å². The van der Waals surface area contributed by atoms with Crippen molar-refractivity contribution in [1.82, 2.24) is 9.55 Å². The lowest BCUT2D eigenvalue weighted by Crippen LogP contribution is -2.41. The monoisotopic (exact) mass is 476 g/mol. The molecule has 0 unspecified atom stereocenters. The number of ether oxygens (including phenoxy) is 6. The molecule has 3 N–H and O–H groups in total. The zero-order valence-electron chi connectivity index (χ0n) is 18.4. The number of rotatable bonds is 12. The van der Waals surface area contributed by atoms with E-state index >= 15 is 0 Å². The van der Waals surface area contributed by atoms with Gasteiger partial charge in [0.25, 0.3) is 12.0 Å². The second kappa shape index (κ2) is 12.6. The van der Waals surface area contributed by atoms with Gasteiger partial charge in [-0.15, -0.1) is 0 Å². The molecule has 2 heterocycles. The molecule has 2 rings (SSSR count). The molecule has 1 aliphatic heterocycles. The van der Waals surface area contributed by atoms with E-state index in [1.165, 1.54) is 20.9 Å². The average Bonchev–Trinajstić information content (AvgIpc) is 3.07. The van der Waals surface area contributed by atoms with E-state index in [-0.39, 0.29) is 32.0 Å². The SMILES string of the molecule is CC(=O)OCCOC(OCCOC(C)=O)O[C@@H]1[C@H](O)[C@@H](CO)O[C@H]1c1c[nH]c(=O)n(C)c1=O. The number of aromatic nitrogens is 2. The van der Waals surface area contributed by atoms with Crippen LogP contribution >= 0.6 is 0 Å². The molecule has 1 aromatic heterocycles. The predicted octanol–water partition coefficient (Wildman–Crippen LogP) is -2.31. The van der Waals surface area contributed by atoms with Gasteiger partial charge in [-0.1, -0.05) is 0 Å². The Bertz CT molecular complexity index is 891. The highest BCUT2D eigenvalue weighted by Crippen LogP contribution is 2.34. The van der Waals surface area contributed by atoms with Gasteiger partial charge < -0.3 is 43.6 Å². The van der Waals surface area contributed by atoms with Gasteiger partial charge >= 0.3 is 17.6 Å². The van der Waals surface area contributed by atoms with Crippen molar-refractivity contribution in [3.63, 3.8) is 0 Å². The van der Waals surface area contributed by atoms with E-state index in [4.69, 9.17) is 28.4 Å². The van der Waals surface area contributed by atoms with Gasteiger partial charge in [-0.2, -0.15) is 0 Å². The summed E-state index contributed by atoms with van der Waals surface area (Å²) in [6, 6.07) is 0. The maximum Gasteiger partial charge on any atom is 0.328 e. The summed E-state index contributed by atoms with van der Waals surface area (Å²) >= 11 is 0. The van der Waals surface area contributed by atoms with Gasteiger partial charge in [0.05, 0.1) is 25.4 Å². The van der Waals surface area contributed by atoms with E-state index in [1.54, 1.807) is 0 Å². The number of carbonyl (C=O) groups excluding carboxylic acids is 2. The first-order valence-corrected chi connectivity index (χ1v) is 10.0. The fourth-order valence-electron chi connectivity index (χ4n) is 2.99. The molecule has 33 heavy (non-hydrogen) atoms. The third-order valence-electron chi connectivity index (χ3n) is 4.58. The van der Waals surface area contributed by atoms with Crippen LogP contribution in [0.15, 0.2) is 15.8 Å². The summed E-state index contributed by atoms with van der Waals surface area (Å²) in [5, 5.41) is 20.1. The number of hydrogen-bond donors (Lipinski definition) is 3. The van der Waals surface area contributed by atoms with Crippen LogP contribution in [0.4, 0.5) is 0 Å². The molecule has 14 nitrogen and oxygen atoms in total. The van der Waals surface area contributed by atoms with Crippen LogP contribution in [0.25, 0.3) is 0 Å². The molecular formula is C19H28N2O12. The number of esters is 2. The molecule has 4 atom stereocenters. The summed E-state index contributed by atoms with van der Waals surface area (Å²) in [7, 11) is 1.26. The number of aliphatic hydroxyl groups is 2. The number of hydrogen-bond acceptors (Lipinski definition) is 12. The van der Waals surface area contributed by atoms with E-state index < -0.39 is 60.7 Å². The molecular weight excluding hydrogens is 448 g/mol. The third kappa shape index (κ3) is 7.45. The lowest BCUT2D eigenvalue weighted by atomic mass is 10.0. The van der Waals surface area contributed by atoms with Crippen molar-refractivity contribution in [3.05, 3.63) is 32.6 Å². The molecule has 186 valence electrons. The Balaban J connectivity index is 2.19. The fourth-order valence-corrected chi connectivity index (χ4v) is 2.99. The van der Waals surface area contributed by atoms with Gasteiger partial charge in [0, 0.05) is 27.1 Å². The largest absolute Gasteiger partial charge is 0.463 e. The van der Waals surface area contributed by atoms with E-state index in [0.717, 1.165) is 10.8 Å². The summed E-state index contributed by atoms with van der Waals surface area (Å²) in [4.78, 5) is 48.5. The van der Waals surface area contributed by atoms with Crippen molar-refractivity contribution in [2.24, 2.45) is 7.05 Å². The van der Waals surface area contributed by atoms with Gasteiger partial charge in [0.2, 0.25) is 0 Å². The Morgan fingerprint density at radius 1 is 1.12 bits per heavy atom. The Morgan fingerprint density at radius 3 is 2.21 bits per heavy atom. The van der Waals surface area contributed by atoms with Crippen LogP contribution in [0.3, 0.4) is 0 Å². The number of carbonyl (C=O) groups is 2. The molecule has 0 spiro atoms. The van der Waals surface area contributed by atoms with Gasteiger partial charge in [-0.3, -0.25) is 19.0 Å². The molecule has 1 aliphatic rings. The second-order valence-electron chi connectivity index (χ2n) is 6.99. The van der Waals surface area contributed by atoms with Crippen molar-refractivity contribution < 1.29 is 48.2 Å². The third-order valence-corrected chi connectivity index (χ3v) is 4.58. The molecule has 14 heteroatoms. The molecule has 1 fully saturated rings.